The van der Waals surface area contributed by atoms with Crippen LogP contribution < -0.4 is 5.32 Å². The van der Waals surface area contributed by atoms with E-state index in [9.17, 15) is 4.79 Å². The van der Waals surface area contributed by atoms with E-state index in [4.69, 9.17) is 4.42 Å². The van der Waals surface area contributed by atoms with Gasteiger partial charge in [0.05, 0.1) is 5.75 Å². The standard InChI is InChI=1S/C13H13BrN6O2S2/c1-2-5-20-11(8-3-4-9(14)22-8)17-19-13(20)23-6-10(21)16-12-18-15-7-24-12/h3-4,7H,2,5-6H2,1H3,(H,16,18,21). The summed E-state index contributed by atoms with van der Waals surface area (Å²) >= 11 is 5.88. The van der Waals surface area contributed by atoms with E-state index in [2.05, 4.69) is 48.6 Å². The first-order chi connectivity index (χ1) is 11.7. The summed E-state index contributed by atoms with van der Waals surface area (Å²) in [4.78, 5) is 12.0. The van der Waals surface area contributed by atoms with Crippen molar-refractivity contribution in [2.75, 3.05) is 11.1 Å². The largest absolute Gasteiger partial charge is 0.446 e. The second-order valence-corrected chi connectivity index (χ2v) is 7.20. The zero-order valence-electron chi connectivity index (χ0n) is 12.6. The number of hydrogen-bond donors (Lipinski definition) is 1. The van der Waals surface area contributed by atoms with Crippen molar-refractivity contribution in [2.45, 2.75) is 25.0 Å². The van der Waals surface area contributed by atoms with Gasteiger partial charge in [-0.2, -0.15) is 0 Å². The lowest BCUT2D eigenvalue weighted by Gasteiger charge is -2.07. The molecule has 0 fully saturated rings. The Morgan fingerprint density at radius 2 is 2.29 bits per heavy atom. The molecule has 3 rings (SSSR count). The molecule has 3 aromatic rings. The molecule has 0 aliphatic rings. The number of rotatable bonds is 7. The summed E-state index contributed by atoms with van der Waals surface area (Å²) in [6.07, 6.45) is 0.914. The van der Waals surface area contributed by atoms with Crippen LogP contribution in [-0.4, -0.2) is 36.6 Å². The van der Waals surface area contributed by atoms with Crippen LogP contribution in [0.3, 0.4) is 0 Å². The second kappa shape index (κ2) is 7.90. The van der Waals surface area contributed by atoms with Crippen LogP contribution in [0.1, 0.15) is 13.3 Å². The van der Waals surface area contributed by atoms with Crippen molar-refractivity contribution in [1.82, 2.24) is 25.0 Å². The van der Waals surface area contributed by atoms with Gasteiger partial charge in [0.15, 0.2) is 15.6 Å². The molecule has 1 N–H and O–H groups in total. The number of nitrogens with zero attached hydrogens (tertiary/aromatic N) is 5. The van der Waals surface area contributed by atoms with E-state index in [0.29, 0.717) is 26.5 Å². The van der Waals surface area contributed by atoms with Gasteiger partial charge in [-0.1, -0.05) is 30.0 Å². The average molecular weight is 429 g/mol. The maximum Gasteiger partial charge on any atom is 0.236 e. The Bertz CT molecular complexity index is 816. The van der Waals surface area contributed by atoms with Crippen molar-refractivity contribution in [1.29, 1.82) is 0 Å². The monoisotopic (exact) mass is 428 g/mol. The molecule has 0 aliphatic carbocycles. The first kappa shape index (κ1) is 17.1. The zero-order chi connectivity index (χ0) is 16.9. The highest BCUT2D eigenvalue weighted by Crippen LogP contribution is 2.27. The van der Waals surface area contributed by atoms with Crippen LogP contribution in [0.5, 0.6) is 0 Å². The molecule has 0 aliphatic heterocycles. The number of furan rings is 1. The Labute approximate surface area is 154 Å². The minimum atomic E-state index is -0.162. The lowest BCUT2D eigenvalue weighted by molar-refractivity contribution is -0.113. The molecule has 126 valence electrons. The summed E-state index contributed by atoms with van der Waals surface area (Å²) in [6, 6.07) is 3.64. The van der Waals surface area contributed by atoms with Crippen molar-refractivity contribution in [3.63, 3.8) is 0 Å². The molecule has 24 heavy (non-hydrogen) atoms. The van der Waals surface area contributed by atoms with E-state index in [1.54, 1.807) is 5.51 Å². The fourth-order valence-electron chi connectivity index (χ4n) is 1.95. The molecule has 1 amide bonds. The van der Waals surface area contributed by atoms with E-state index in [0.717, 1.165) is 13.0 Å². The number of carbonyl (C=O) groups excluding carboxylic acids is 1. The number of aromatic nitrogens is 5. The predicted molar refractivity (Wildman–Crippen MR) is 95.0 cm³/mol. The van der Waals surface area contributed by atoms with Crippen molar-refractivity contribution >= 4 is 50.1 Å². The van der Waals surface area contributed by atoms with Crippen molar-refractivity contribution < 1.29 is 9.21 Å². The van der Waals surface area contributed by atoms with E-state index in [1.807, 2.05) is 16.7 Å². The fraction of sp³-hybridized carbons (Fsp3) is 0.308. The van der Waals surface area contributed by atoms with Gasteiger partial charge in [-0.15, -0.1) is 20.4 Å². The molecule has 0 unspecified atom stereocenters. The lowest BCUT2D eigenvalue weighted by Crippen LogP contribution is -2.14. The Morgan fingerprint density at radius 1 is 1.42 bits per heavy atom. The van der Waals surface area contributed by atoms with E-state index < -0.39 is 0 Å². The van der Waals surface area contributed by atoms with Gasteiger partial charge in [0.1, 0.15) is 5.51 Å². The molecule has 0 atom stereocenters. The highest BCUT2D eigenvalue weighted by atomic mass is 79.9. The number of carbonyl (C=O) groups is 1. The Kier molecular flexibility index (Phi) is 5.63. The average Bonchev–Trinajstić information content (AvgIpc) is 3.28. The summed E-state index contributed by atoms with van der Waals surface area (Å²) in [5, 5.41) is 19.7. The predicted octanol–water partition coefficient (Wildman–Crippen LogP) is 3.29. The summed E-state index contributed by atoms with van der Waals surface area (Å²) in [6.45, 7) is 2.81. The molecule has 0 radical (unpaired) electrons. The summed E-state index contributed by atoms with van der Waals surface area (Å²) in [7, 11) is 0. The molecule has 0 bridgehead atoms. The molecule has 0 saturated carbocycles. The summed E-state index contributed by atoms with van der Waals surface area (Å²) < 4.78 is 8.14. The number of anilines is 1. The Hall–Kier alpha value is -1.72. The molecule has 0 spiro atoms. The van der Waals surface area contributed by atoms with Crippen molar-refractivity contribution in [3.05, 3.63) is 22.3 Å². The summed E-state index contributed by atoms with van der Waals surface area (Å²) in [5.74, 6) is 1.33. The van der Waals surface area contributed by atoms with E-state index in [1.165, 1.54) is 23.1 Å². The summed E-state index contributed by atoms with van der Waals surface area (Å²) in [5.41, 5.74) is 1.56. The van der Waals surface area contributed by atoms with Gasteiger partial charge in [-0.3, -0.25) is 14.7 Å². The van der Waals surface area contributed by atoms with Crippen LogP contribution in [0, 0.1) is 0 Å². The molecule has 11 heteroatoms. The SMILES string of the molecule is CCCn1c(SCC(=O)Nc2nncs2)nnc1-c1ccc(Br)o1. The van der Waals surface area contributed by atoms with Crippen LogP contribution in [0.4, 0.5) is 5.13 Å². The lowest BCUT2D eigenvalue weighted by atomic mass is 10.4. The number of nitrogens with one attached hydrogen (secondary N) is 1. The van der Waals surface area contributed by atoms with Crippen LogP contribution >= 0.6 is 39.0 Å². The minimum absolute atomic E-state index is 0.162. The molecule has 0 saturated heterocycles. The fourth-order valence-corrected chi connectivity index (χ4v) is 3.48. The Morgan fingerprint density at radius 3 is 2.96 bits per heavy atom. The molecule has 8 nitrogen and oxygen atoms in total. The van der Waals surface area contributed by atoms with Gasteiger partial charge in [-0.25, -0.2) is 0 Å². The van der Waals surface area contributed by atoms with Crippen LogP contribution in [-0.2, 0) is 11.3 Å². The zero-order valence-corrected chi connectivity index (χ0v) is 15.8. The van der Waals surface area contributed by atoms with Gasteiger partial charge in [-0.05, 0) is 34.5 Å². The molecule has 3 aromatic heterocycles. The van der Waals surface area contributed by atoms with Crippen molar-refractivity contribution in [2.24, 2.45) is 0 Å². The quantitative estimate of drug-likeness (QED) is 0.576. The third-order valence-electron chi connectivity index (χ3n) is 2.90. The number of amides is 1. The van der Waals surface area contributed by atoms with Gasteiger partial charge >= 0.3 is 0 Å². The normalized spacial score (nSPS) is 10.9. The first-order valence-electron chi connectivity index (χ1n) is 7.05. The maximum atomic E-state index is 12.0. The van der Waals surface area contributed by atoms with Gasteiger partial charge in [0, 0.05) is 6.54 Å². The van der Waals surface area contributed by atoms with Gasteiger partial charge < -0.3 is 4.42 Å². The van der Waals surface area contributed by atoms with E-state index in [-0.39, 0.29) is 11.7 Å². The third kappa shape index (κ3) is 4.02. The highest BCUT2D eigenvalue weighted by molar-refractivity contribution is 9.10. The molecule has 3 heterocycles. The smallest absolute Gasteiger partial charge is 0.236 e. The maximum absolute atomic E-state index is 12.0. The van der Waals surface area contributed by atoms with Crippen LogP contribution in [0.25, 0.3) is 11.6 Å². The molecular weight excluding hydrogens is 416 g/mol. The van der Waals surface area contributed by atoms with E-state index >= 15 is 0 Å². The topological polar surface area (TPSA) is 98.7 Å². The molecular formula is C13H13BrN6O2S2. The number of hydrogen-bond acceptors (Lipinski definition) is 8. The number of halogens is 1. The third-order valence-corrected chi connectivity index (χ3v) is 4.90. The first-order valence-corrected chi connectivity index (χ1v) is 9.71. The van der Waals surface area contributed by atoms with Crippen molar-refractivity contribution in [3.8, 4) is 11.6 Å². The van der Waals surface area contributed by atoms with Crippen LogP contribution in [0.2, 0.25) is 0 Å². The second-order valence-electron chi connectivity index (χ2n) is 4.64. The van der Waals surface area contributed by atoms with Gasteiger partial charge in [0.2, 0.25) is 16.9 Å². The number of thioether (sulfide) groups is 1. The van der Waals surface area contributed by atoms with Crippen LogP contribution in [0.15, 0.2) is 31.9 Å². The minimum Gasteiger partial charge on any atom is -0.446 e. The highest BCUT2D eigenvalue weighted by Gasteiger charge is 2.17. The Balaban J connectivity index is 1.71. The molecule has 0 aromatic carbocycles. The van der Waals surface area contributed by atoms with Gasteiger partial charge in [0.25, 0.3) is 0 Å².